The second kappa shape index (κ2) is 5.31. The molecule has 1 amide bonds. The molecule has 0 saturated heterocycles. The van der Waals surface area contributed by atoms with Gasteiger partial charge < -0.3 is 10.5 Å². The number of rotatable bonds is 1. The number of ether oxygens (including phenoxy) is 1. The van der Waals surface area contributed by atoms with Crippen LogP contribution in [0.5, 0.6) is 5.75 Å². The quantitative estimate of drug-likeness (QED) is 0.786. The zero-order valence-corrected chi connectivity index (χ0v) is 14.0. The minimum absolute atomic E-state index is 0.0748. The highest BCUT2D eigenvalue weighted by Gasteiger charge is 2.51. The smallest absolute Gasteiger partial charge is 0.259 e. The number of nitrogens with one attached hydrogen (secondary N) is 1. The first-order valence-corrected chi connectivity index (χ1v) is 8.16. The number of carbonyl (C=O) groups is 1. The van der Waals surface area contributed by atoms with E-state index in [1.807, 2.05) is 6.07 Å². The molecule has 2 aromatic carbocycles. The summed E-state index contributed by atoms with van der Waals surface area (Å²) in [6, 6.07) is 11.5. The number of nitrogens with zero attached hydrogens (tertiary/aromatic N) is 1. The van der Waals surface area contributed by atoms with Crippen molar-refractivity contribution in [3.63, 3.8) is 0 Å². The van der Waals surface area contributed by atoms with Crippen LogP contribution in [0.15, 0.2) is 51.9 Å². The molecule has 1 spiro atoms. The van der Waals surface area contributed by atoms with Crippen LogP contribution in [0, 0.1) is 5.82 Å². The maximum absolute atomic E-state index is 13.6. The summed E-state index contributed by atoms with van der Waals surface area (Å²) >= 11 is 3.41. The second-order valence-corrected chi connectivity index (χ2v) is 6.73. The molecule has 2 atom stereocenters. The van der Waals surface area contributed by atoms with Gasteiger partial charge in [0.2, 0.25) is 0 Å². The molecule has 0 bridgehead atoms. The van der Waals surface area contributed by atoms with Crippen molar-refractivity contribution < 1.29 is 13.9 Å². The summed E-state index contributed by atoms with van der Waals surface area (Å²) in [6.45, 7) is 0. The number of hydrogen-bond acceptors (Lipinski definition) is 4. The molecule has 2 aliphatic heterocycles. The molecular weight excluding hydrogens is 377 g/mol. The Labute approximate surface area is 145 Å². The van der Waals surface area contributed by atoms with E-state index in [9.17, 15) is 9.18 Å². The van der Waals surface area contributed by atoms with Gasteiger partial charge in [-0.15, -0.1) is 0 Å². The van der Waals surface area contributed by atoms with Gasteiger partial charge in [0.25, 0.3) is 5.91 Å². The summed E-state index contributed by atoms with van der Waals surface area (Å²) in [7, 11) is 0. The predicted molar refractivity (Wildman–Crippen MR) is 90.0 cm³/mol. The fraction of sp³-hybridized carbons (Fsp3) is 0.176. The molecule has 7 heteroatoms. The lowest BCUT2D eigenvalue weighted by molar-refractivity contribution is -0.125. The first-order chi connectivity index (χ1) is 11.5. The molecule has 5 nitrogen and oxygen atoms in total. The van der Waals surface area contributed by atoms with E-state index < -0.39 is 11.6 Å². The van der Waals surface area contributed by atoms with E-state index in [1.54, 1.807) is 24.3 Å². The minimum Gasteiger partial charge on any atom is -0.485 e. The highest BCUT2D eigenvalue weighted by atomic mass is 79.9. The van der Waals surface area contributed by atoms with Gasteiger partial charge in [0.05, 0.1) is 0 Å². The van der Waals surface area contributed by atoms with Crippen LogP contribution in [-0.4, -0.2) is 11.9 Å². The number of nitrogens with two attached hydrogens (primary N) is 1. The highest BCUT2D eigenvalue weighted by Crippen LogP contribution is 2.49. The van der Waals surface area contributed by atoms with Crippen LogP contribution in [0.2, 0.25) is 0 Å². The molecule has 24 heavy (non-hydrogen) atoms. The molecule has 0 aliphatic carbocycles. The van der Waals surface area contributed by atoms with Crippen LogP contribution in [0.3, 0.4) is 0 Å². The molecule has 0 radical (unpaired) electrons. The van der Waals surface area contributed by atoms with Crippen LogP contribution < -0.4 is 15.8 Å². The molecule has 0 saturated carbocycles. The number of halogens is 2. The van der Waals surface area contributed by atoms with E-state index in [1.165, 1.54) is 12.1 Å². The van der Waals surface area contributed by atoms with E-state index >= 15 is 0 Å². The first-order valence-electron chi connectivity index (χ1n) is 7.37. The van der Waals surface area contributed by atoms with Crippen molar-refractivity contribution in [2.24, 2.45) is 10.7 Å². The van der Waals surface area contributed by atoms with Crippen LogP contribution in [0.1, 0.15) is 23.7 Å². The van der Waals surface area contributed by atoms with Gasteiger partial charge in [-0.1, -0.05) is 28.1 Å². The lowest BCUT2D eigenvalue weighted by Crippen LogP contribution is -2.42. The van der Waals surface area contributed by atoms with Gasteiger partial charge in [0, 0.05) is 16.5 Å². The Morgan fingerprint density at radius 3 is 2.88 bits per heavy atom. The van der Waals surface area contributed by atoms with Crippen LogP contribution in [0.4, 0.5) is 4.39 Å². The van der Waals surface area contributed by atoms with Gasteiger partial charge in [0.1, 0.15) is 17.7 Å². The van der Waals surface area contributed by atoms with Crippen molar-refractivity contribution in [1.29, 1.82) is 0 Å². The minimum atomic E-state index is -1.17. The topological polar surface area (TPSA) is 76.7 Å². The Bertz CT molecular complexity index is 886. The largest absolute Gasteiger partial charge is 0.485 e. The summed E-state index contributed by atoms with van der Waals surface area (Å²) in [4.78, 5) is 17.0. The zero-order valence-electron chi connectivity index (χ0n) is 12.4. The lowest BCUT2D eigenvalue weighted by atomic mass is 9.80. The van der Waals surface area contributed by atoms with Crippen LogP contribution >= 0.6 is 15.9 Å². The van der Waals surface area contributed by atoms with E-state index in [0.29, 0.717) is 16.9 Å². The van der Waals surface area contributed by atoms with Gasteiger partial charge in [-0.25, -0.2) is 9.38 Å². The molecule has 0 fully saturated rings. The predicted octanol–water partition coefficient (Wildman–Crippen LogP) is 2.75. The number of carbonyl (C=O) groups excluding carboxylic acids is 1. The third kappa shape index (κ3) is 2.27. The number of hydrogen-bond donors (Lipinski definition) is 2. The zero-order chi connectivity index (χ0) is 16.9. The number of guanidine groups is 1. The SMILES string of the molecule is NC1=NC2(CC(c3cccc(F)c3)Oc3ccc(Br)cc32)C(=O)N1. The van der Waals surface area contributed by atoms with Crippen molar-refractivity contribution in [2.75, 3.05) is 0 Å². The average Bonchev–Trinajstić information content (AvgIpc) is 2.82. The molecule has 4 rings (SSSR count). The Hall–Kier alpha value is -2.41. The standard InChI is InChI=1S/C17H13BrFN3O2/c18-10-4-5-13-12(7-10)17(15(23)21-16(20)22-17)8-14(24-13)9-2-1-3-11(19)6-9/h1-7,14H,8H2,(H3,20,21,22,23). The number of fused-ring (bicyclic) bond motifs is 2. The molecule has 3 N–H and O–H groups in total. The lowest BCUT2D eigenvalue weighted by Gasteiger charge is -2.36. The summed E-state index contributed by atoms with van der Waals surface area (Å²) in [5.74, 6) is -0.0483. The van der Waals surface area contributed by atoms with Gasteiger partial charge in [0.15, 0.2) is 11.5 Å². The number of aliphatic imine (C=N–C) groups is 1. The Morgan fingerprint density at radius 2 is 2.17 bits per heavy atom. The maximum Gasteiger partial charge on any atom is 0.259 e. The fourth-order valence-corrected chi connectivity index (χ4v) is 3.58. The third-order valence-electron chi connectivity index (χ3n) is 4.29. The van der Waals surface area contributed by atoms with Gasteiger partial charge in [-0.2, -0.15) is 0 Å². The van der Waals surface area contributed by atoms with Crippen molar-refractivity contribution in [2.45, 2.75) is 18.1 Å². The van der Waals surface area contributed by atoms with E-state index in [-0.39, 0.29) is 24.1 Å². The summed E-state index contributed by atoms with van der Waals surface area (Å²) < 4.78 is 20.4. The summed E-state index contributed by atoms with van der Waals surface area (Å²) in [5, 5.41) is 2.56. The van der Waals surface area contributed by atoms with E-state index in [4.69, 9.17) is 10.5 Å². The summed E-state index contributed by atoms with van der Waals surface area (Å²) in [6.07, 6.45) is -0.262. The van der Waals surface area contributed by atoms with Crippen molar-refractivity contribution in [3.05, 3.63) is 63.9 Å². The molecule has 2 unspecified atom stereocenters. The second-order valence-electron chi connectivity index (χ2n) is 5.82. The van der Waals surface area contributed by atoms with Crippen molar-refractivity contribution in [3.8, 4) is 5.75 Å². The Balaban J connectivity index is 1.87. The normalized spacial score (nSPS) is 25.0. The molecular formula is C17H13BrFN3O2. The molecule has 0 aromatic heterocycles. The molecule has 2 aromatic rings. The van der Waals surface area contributed by atoms with Crippen LogP contribution in [0.25, 0.3) is 0 Å². The molecule has 122 valence electrons. The molecule has 2 aliphatic rings. The van der Waals surface area contributed by atoms with Crippen molar-refractivity contribution >= 4 is 27.8 Å². The highest BCUT2D eigenvalue weighted by molar-refractivity contribution is 9.10. The summed E-state index contributed by atoms with van der Waals surface area (Å²) in [5.41, 5.74) is 5.86. The number of amides is 1. The van der Waals surface area contributed by atoms with Gasteiger partial charge >= 0.3 is 0 Å². The maximum atomic E-state index is 13.6. The third-order valence-corrected chi connectivity index (χ3v) is 4.78. The average molecular weight is 390 g/mol. The number of benzene rings is 2. The molecule has 2 heterocycles. The van der Waals surface area contributed by atoms with E-state index in [0.717, 1.165) is 4.47 Å². The van der Waals surface area contributed by atoms with Crippen molar-refractivity contribution in [1.82, 2.24) is 5.32 Å². The van der Waals surface area contributed by atoms with Crippen LogP contribution in [-0.2, 0) is 10.3 Å². The van der Waals surface area contributed by atoms with E-state index in [2.05, 4.69) is 26.2 Å². The van der Waals surface area contributed by atoms with Gasteiger partial charge in [-0.3, -0.25) is 10.1 Å². The Morgan fingerprint density at radius 1 is 1.33 bits per heavy atom. The first kappa shape index (κ1) is 15.1. The van der Waals surface area contributed by atoms with Gasteiger partial charge in [-0.05, 0) is 35.9 Å². The fourth-order valence-electron chi connectivity index (χ4n) is 3.22. The monoisotopic (exact) mass is 389 g/mol. The Kier molecular flexibility index (Phi) is 3.35.